The Morgan fingerprint density at radius 1 is 1.26 bits per heavy atom. The van der Waals surface area contributed by atoms with Crippen molar-refractivity contribution in [1.82, 2.24) is 4.90 Å². The van der Waals surface area contributed by atoms with Gasteiger partial charge in [0, 0.05) is 29.0 Å². The predicted octanol–water partition coefficient (Wildman–Crippen LogP) is 1.19. The van der Waals surface area contributed by atoms with E-state index in [-0.39, 0.29) is 23.5 Å². The monoisotopic (exact) mass is 411 g/mol. The third kappa shape index (κ3) is 3.95. The smallest absolute Gasteiger partial charge is 0.227 e. The molecule has 4 rings (SSSR count). The highest BCUT2D eigenvalue weighted by atomic mass is 35.5. The highest BCUT2D eigenvalue weighted by molar-refractivity contribution is 8.15. The van der Waals surface area contributed by atoms with Gasteiger partial charge < -0.3 is 25.2 Å². The maximum Gasteiger partial charge on any atom is 0.227 e. The molecule has 2 fully saturated rings. The van der Waals surface area contributed by atoms with E-state index in [2.05, 4.69) is 10.3 Å². The predicted molar refractivity (Wildman–Crippen MR) is 105 cm³/mol. The van der Waals surface area contributed by atoms with Gasteiger partial charge >= 0.3 is 0 Å². The van der Waals surface area contributed by atoms with Crippen molar-refractivity contribution in [2.24, 2.45) is 10.9 Å². The van der Waals surface area contributed by atoms with Crippen LogP contribution in [0.5, 0.6) is 0 Å². The van der Waals surface area contributed by atoms with Crippen LogP contribution < -0.4 is 5.32 Å². The van der Waals surface area contributed by atoms with Gasteiger partial charge in [-0.15, -0.1) is 0 Å². The number of ether oxygens (including phenoxy) is 1. The molecule has 3 N–H and O–H groups in total. The minimum atomic E-state index is -0.972. The lowest BCUT2D eigenvalue weighted by Gasteiger charge is -2.40. The van der Waals surface area contributed by atoms with E-state index < -0.39 is 18.2 Å². The third-order valence-electron chi connectivity index (χ3n) is 5.22. The molecule has 5 atom stereocenters. The Kier molecular flexibility index (Phi) is 5.61. The molecular weight excluding hydrogens is 390 g/mol. The molecule has 2 heterocycles. The van der Waals surface area contributed by atoms with Crippen molar-refractivity contribution < 1.29 is 19.7 Å². The van der Waals surface area contributed by atoms with E-state index in [4.69, 9.17) is 16.3 Å². The van der Waals surface area contributed by atoms with Crippen molar-refractivity contribution in [1.29, 1.82) is 0 Å². The van der Waals surface area contributed by atoms with Gasteiger partial charge in [0.25, 0.3) is 0 Å². The number of carbonyl (C=O) groups excluding carboxylic acids is 1. The fraction of sp³-hybridized carbons (Fsp3) is 0.556. The van der Waals surface area contributed by atoms with Gasteiger partial charge in [0.1, 0.15) is 6.10 Å². The third-order valence-corrected chi connectivity index (χ3v) is 6.78. The molecule has 146 valence electrons. The van der Waals surface area contributed by atoms with Crippen LogP contribution in [0.3, 0.4) is 0 Å². The number of morpholine rings is 1. The normalized spacial score (nSPS) is 33.4. The molecule has 3 aliphatic rings. The van der Waals surface area contributed by atoms with E-state index in [0.717, 1.165) is 5.69 Å². The Bertz CT molecular complexity index is 726. The topological polar surface area (TPSA) is 94.4 Å². The van der Waals surface area contributed by atoms with Gasteiger partial charge in [-0.1, -0.05) is 23.4 Å². The van der Waals surface area contributed by atoms with Gasteiger partial charge in [-0.25, -0.2) is 0 Å². The number of thioether (sulfide) groups is 1. The molecule has 1 aliphatic carbocycles. The summed E-state index contributed by atoms with van der Waals surface area (Å²) >= 11 is 7.37. The fourth-order valence-corrected chi connectivity index (χ4v) is 5.26. The maximum absolute atomic E-state index is 13.0. The van der Waals surface area contributed by atoms with Gasteiger partial charge in [0.15, 0.2) is 5.17 Å². The molecule has 0 bridgehead atoms. The Hall–Kier alpha value is -1.32. The molecule has 1 saturated carbocycles. The van der Waals surface area contributed by atoms with E-state index in [1.165, 1.54) is 11.8 Å². The highest BCUT2D eigenvalue weighted by Crippen LogP contribution is 2.42. The number of nitrogens with zero attached hydrogens (tertiary/aromatic N) is 2. The molecule has 1 saturated heterocycles. The molecule has 27 heavy (non-hydrogen) atoms. The zero-order valence-corrected chi connectivity index (χ0v) is 16.2. The van der Waals surface area contributed by atoms with Crippen molar-refractivity contribution in [2.75, 3.05) is 31.6 Å². The molecule has 0 aromatic heterocycles. The van der Waals surface area contributed by atoms with Crippen molar-refractivity contribution in [2.45, 2.75) is 29.9 Å². The minimum Gasteiger partial charge on any atom is -0.390 e. The van der Waals surface area contributed by atoms with Crippen LogP contribution in [0.4, 0.5) is 5.69 Å². The average molecular weight is 412 g/mol. The van der Waals surface area contributed by atoms with Crippen LogP contribution in [-0.4, -0.2) is 76.0 Å². The summed E-state index contributed by atoms with van der Waals surface area (Å²) in [6.07, 6.45) is -1.68. The Labute approximate surface area is 166 Å². The van der Waals surface area contributed by atoms with Crippen molar-refractivity contribution in [3.05, 3.63) is 29.3 Å². The number of hydrogen-bond acceptors (Lipinski definition) is 7. The number of aliphatic imine (C=N–C) groups is 1. The number of amides is 1. The number of rotatable bonds is 2. The lowest BCUT2D eigenvalue weighted by Crippen LogP contribution is -2.55. The van der Waals surface area contributed by atoms with Crippen LogP contribution in [0.15, 0.2) is 29.3 Å². The quantitative estimate of drug-likeness (QED) is 0.676. The lowest BCUT2D eigenvalue weighted by atomic mass is 9.80. The van der Waals surface area contributed by atoms with Crippen LogP contribution in [0.25, 0.3) is 0 Å². The standard InChI is InChI=1S/C18H22ClN3O4S/c19-10-1-3-11(4-2-10)20-18-21-14-15(24)13(23)9-12(16(14)27-18)17(25)22-5-7-26-8-6-22/h1-4,12-16,23-24H,5-9H2,(H,20,21)/t12-,13+,14+,15-,16+/m0/s1. The number of amidine groups is 1. The molecule has 2 aliphatic heterocycles. The summed E-state index contributed by atoms with van der Waals surface area (Å²) in [7, 11) is 0. The second-order valence-corrected chi connectivity index (χ2v) is 8.58. The first-order valence-electron chi connectivity index (χ1n) is 9.02. The number of anilines is 1. The maximum atomic E-state index is 13.0. The second kappa shape index (κ2) is 7.97. The molecule has 1 aromatic carbocycles. The van der Waals surface area contributed by atoms with E-state index in [1.807, 2.05) is 12.1 Å². The molecule has 0 radical (unpaired) electrons. The molecule has 1 amide bonds. The zero-order valence-electron chi connectivity index (χ0n) is 14.6. The van der Waals surface area contributed by atoms with Gasteiger partial charge in [-0.3, -0.25) is 9.79 Å². The number of aliphatic hydroxyl groups is 2. The number of carbonyl (C=O) groups is 1. The van der Waals surface area contributed by atoms with E-state index in [9.17, 15) is 15.0 Å². The summed E-state index contributed by atoms with van der Waals surface area (Å²) < 4.78 is 5.32. The first kappa shape index (κ1) is 19.0. The number of nitrogens with one attached hydrogen (secondary N) is 1. The van der Waals surface area contributed by atoms with Crippen molar-refractivity contribution in [3.8, 4) is 0 Å². The zero-order chi connectivity index (χ0) is 19.0. The second-order valence-electron chi connectivity index (χ2n) is 6.98. The number of benzene rings is 1. The molecule has 9 heteroatoms. The summed E-state index contributed by atoms with van der Waals surface area (Å²) in [5.74, 6) is -0.375. The lowest BCUT2D eigenvalue weighted by molar-refractivity contribution is -0.144. The molecular formula is C18H22ClN3O4S. The Morgan fingerprint density at radius 3 is 2.67 bits per heavy atom. The van der Waals surface area contributed by atoms with Crippen LogP contribution in [0.1, 0.15) is 6.42 Å². The highest BCUT2D eigenvalue weighted by Gasteiger charge is 2.51. The summed E-state index contributed by atoms with van der Waals surface area (Å²) in [5, 5.41) is 25.0. The molecule has 1 aromatic rings. The average Bonchev–Trinajstić information content (AvgIpc) is 3.10. The van der Waals surface area contributed by atoms with E-state index in [1.54, 1.807) is 17.0 Å². The Morgan fingerprint density at radius 2 is 1.96 bits per heavy atom. The largest absolute Gasteiger partial charge is 0.390 e. The summed E-state index contributed by atoms with van der Waals surface area (Å²) in [4.78, 5) is 19.4. The van der Waals surface area contributed by atoms with E-state index >= 15 is 0 Å². The number of halogens is 1. The number of aliphatic hydroxyl groups excluding tert-OH is 2. The SMILES string of the molecule is O=C([C@H]1C[C@@H](O)[C@H](O)[C@H]2N=C(Nc3ccc(Cl)cc3)S[C@@H]21)N1CCOCC1. The summed E-state index contributed by atoms with van der Waals surface area (Å²) in [6, 6.07) is 6.73. The minimum absolute atomic E-state index is 0.00897. The Balaban J connectivity index is 1.50. The fourth-order valence-electron chi connectivity index (χ4n) is 3.77. The van der Waals surface area contributed by atoms with Crippen LogP contribution in [0, 0.1) is 5.92 Å². The van der Waals surface area contributed by atoms with Crippen LogP contribution in [-0.2, 0) is 9.53 Å². The first-order chi connectivity index (χ1) is 13.0. The molecule has 0 unspecified atom stereocenters. The number of hydrogen-bond donors (Lipinski definition) is 3. The number of fused-ring (bicyclic) bond motifs is 1. The van der Waals surface area contributed by atoms with Crippen LogP contribution in [0.2, 0.25) is 5.02 Å². The van der Waals surface area contributed by atoms with E-state index in [0.29, 0.717) is 36.5 Å². The van der Waals surface area contributed by atoms with Gasteiger partial charge in [-0.05, 0) is 30.7 Å². The van der Waals surface area contributed by atoms with Crippen LogP contribution >= 0.6 is 23.4 Å². The van der Waals surface area contributed by atoms with Gasteiger partial charge in [-0.2, -0.15) is 0 Å². The molecule has 0 spiro atoms. The molecule has 7 nitrogen and oxygen atoms in total. The van der Waals surface area contributed by atoms with Crippen molar-refractivity contribution >= 4 is 40.1 Å². The summed E-state index contributed by atoms with van der Waals surface area (Å²) in [6.45, 7) is 2.19. The van der Waals surface area contributed by atoms with Crippen molar-refractivity contribution in [3.63, 3.8) is 0 Å². The van der Waals surface area contributed by atoms with Gasteiger partial charge in [0.2, 0.25) is 5.91 Å². The summed E-state index contributed by atoms with van der Waals surface area (Å²) in [5.41, 5.74) is 0.829. The van der Waals surface area contributed by atoms with Gasteiger partial charge in [0.05, 0.1) is 31.3 Å². The first-order valence-corrected chi connectivity index (χ1v) is 10.3.